The van der Waals surface area contributed by atoms with Gasteiger partial charge in [-0.2, -0.15) is 0 Å². The van der Waals surface area contributed by atoms with E-state index in [0.717, 1.165) is 13.0 Å². The van der Waals surface area contributed by atoms with E-state index in [1.54, 1.807) is 0 Å². The predicted molar refractivity (Wildman–Crippen MR) is 55.5 cm³/mol. The molecule has 0 aromatic heterocycles. The summed E-state index contributed by atoms with van der Waals surface area (Å²) in [6.45, 7) is 6.64. The third-order valence-corrected chi connectivity index (χ3v) is 1.97. The molecular formula is C9H18BrNO. The Morgan fingerprint density at radius 2 is 2.00 bits per heavy atom. The van der Waals surface area contributed by atoms with Crippen molar-refractivity contribution in [3.05, 3.63) is 0 Å². The molecule has 0 aliphatic heterocycles. The molecule has 0 bridgehead atoms. The van der Waals surface area contributed by atoms with Gasteiger partial charge in [-0.3, -0.25) is 4.79 Å². The molecule has 0 aromatic carbocycles. The summed E-state index contributed by atoms with van der Waals surface area (Å²) in [6, 6.07) is 0. The van der Waals surface area contributed by atoms with E-state index in [2.05, 4.69) is 28.2 Å². The second-order valence-corrected chi connectivity index (χ2v) is 5.42. The predicted octanol–water partition coefficient (Wildman–Crippen LogP) is 2.47. The van der Waals surface area contributed by atoms with Crippen molar-refractivity contribution in [3.63, 3.8) is 0 Å². The van der Waals surface area contributed by atoms with Gasteiger partial charge in [0, 0.05) is 6.54 Å². The number of carbonyl (C=O) groups is 1. The van der Waals surface area contributed by atoms with Crippen LogP contribution in [0, 0.1) is 0 Å². The maximum Gasteiger partial charge on any atom is 0.236 e. The summed E-state index contributed by atoms with van der Waals surface area (Å²) < 4.78 is -0.431. The Bertz CT molecular complexity index is 140. The van der Waals surface area contributed by atoms with Gasteiger partial charge in [-0.05, 0) is 20.3 Å². The van der Waals surface area contributed by atoms with Gasteiger partial charge >= 0.3 is 0 Å². The molecule has 0 heterocycles. The summed E-state index contributed by atoms with van der Waals surface area (Å²) in [4.78, 5) is 11.3. The number of rotatable bonds is 5. The maximum absolute atomic E-state index is 11.3. The van der Waals surface area contributed by atoms with Crippen molar-refractivity contribution in [2.45, 2.75) is 44.4 Å². The highest BCUT2D eigenvalue weighted by molar-refractivity contribution is 9.10. The monoisotopic (exact) mass is 235 g/mol. The van der Waals surface area contributed by atoms with Crippen molar-refractivity contribution in [2.75, 3.05) is 6.54 Å². The Hall–Kier alpha value is -0.0500. The number of unbranched alkanes of at least 4 members (excludes halogenated alkanes) is 2. The topological polar surface area (TPSA) is 29.1 Å². The van der Waals surface area contributed by atoms with Crippen LogP contribution in [-0.4, -0.2) is 16.8 Å². The van der Waals surface area contributed by atoms with E-state index < -0.39 is 4.32 Å². The summed E-state index contributed by atoms with van der Waals surface area (Å²) in [5, 5.41) is 2.87. The summed E-state index contributed by atoms with van der Waals surface area (Å²) >= 11 is 3.30. The highest BCUT2D eigenvalue weighted by Gasteiger charge is 2.22. The van der Waals surface area contributed by atoms with Crippen LogP contribution in [0.3, 0.4) is 0 Å². The van der Waals surface area contributed by atoms with Crippen molar-refractivity contribution in [3.8, 4) is 0 Å². The average Bonchev–Trinajstić information content (AvgIpc) is 1.96. The SMILES string of the molecule is CCCCCNC(=O)C(C)(C)Br. The van der Waals surface area contributed by atoms with Crippen LogP contribution in [0.15, 0.2) is 0 Å². The van der Waals surface area contributed by atoms with Crippen molar-refractivity contribution in [1.82, 2.24) is 5.32 Å². The fraction of sp³-hybridized carbons (Fsp3) is 0.889. The second-order valence-electron chi connectivity index (χ2n) is 3.44. The highest BCUT2D eigenvalue weighted by Crippen LogP contribution is 2.15. The molecule has 0 radical (unpaired) electrons. The lowest BCUT2D eigenvalue weighted by Crippen LogP contribution is -2.37. The molecule has 0 spiro atoms. The van der Waals surface area contributed by atoms with Crippen LogP contribution in [0.4, 0.5) is 0 Å². The molecule has 1 N–H and O–H groups in total. The van der Waals surface area contributed by atoms with Gasteiger partial charge in [-0.25, -0.2) is 0 Å². The van der Waals surface area contributed by atoms with E-state index in [-0.39, 0.29) is 5.91 Å². The Kier molecular flexibility index (Phi) is 5.55. The molecule has 12 heavy (non-hydrogen) atoms. The van der Waals surface area contributed by atoms with E-state index in [1.807, 2.05) is 13.8 Å². The van der Waals surface area contributed by atoms with Crippen LogP contribution < -0.4 is 5.32 Å². The number of hydrogen-bond acceptors (Lipinski definition) is 1. The second kappa shape index (κ2) is 5.57. The standard InChI is InChI=1S/C9H18BrNO/c1-4-5-6-7-11-8(12)9(2,3)10/h4-7H2,1-3H3,(H,11,12). The smallest absolute Gasteiger partial charge is 0.236 e. The summed E-state index contributed by atoms with van der Waals surface area (Å²) in [6.07, 6.45) is 3.45. The number of halogens is 1. The first-order valence-electron chi connectivity index (χ1n) is 4.45. The maximum atomic E-state index is 11.3. The fourth-order valence-electron chi connectivity index (χ4n) is 0.787. The number of alkyl halides is 1. The summed E-state index contributed by atoms with van der Waals surface area (Å²) in [7, 11) is 0. The molecule has 1 amide bonds. The van der Waals surface area contributed by atoms with Crippen molar-refractivity contribution in [1.29, 1.82) is 0 Å². The first-order valence-corrected chi connectivity index (χ1v) is 5.25. The van der Waals surface area contributed by atoms with Gasteiger partial charge in [0.1, 0.15) is 0 Å². The molecule has 0 unspecified atom stereocenters. The molecule has 0 atom stereocenters. The van der Waals surface area contributed by atoms with E-state index in [1.165, 1.54) is 12.8 Å². The average molecular weight is 236 g/mol. The molecule has 0 aliphatic carbocycles. The third kappa shape index (κ3) is 5.58. The van der Waals surface area contributed by atoms with Gasteiger partial charge in [0.2, 0.25) is 5.91 Å². The van der Waals surface area contributed by atoms with Crippen LogP contribution in [0.1, 0.15) is 40.0 Å². The first kappa shape index (κ1) is 11.9. The van der Waals surface area contributed by atoms with Gasteiger partial charge in [0.15, 0.2) is 0 Å². The Balaban J connectivity index is 3.45. The molecule has 0 fully saturated rings. The lowest BCUT2D eigenvalue weighted by atomic mass is 10.2. The highest BCUT2D eigenvalue weighted by atomic mass is 79.9. The van der Waals surface area contributed by atoms with Crippen molar-refractivity contribution >= 4 is 21.8 Å². The molecule has 0 saturated heterocycles. The molecule has 0 saturated carbocycles. The zero-order valence-corrected chi connectivity index (χ0v) is 9.70. The quantitative estimate of drug-likeness (QED) is 0.576. The van der Waals surface area contributed by atoms with Crippen LogP contribution in [-0.2, 0) is 4.79 Å². The van der Waals surface area contributed by atoms with Gasteiger partial charge < -0.3 is 5.32 Å². The zero-order valence-electron chi connectivity index (χ0n) is 8.11. The lowest BCUT2D eigenvalue weighted by Gasteiger charge is -2.15. The normalized spacial score (nSPS) is 11.3. The third-order valence-electron chi connectivity index (χ3n) is 1.61. The lowest BCUT2D eigenvalue weighted by molar-refractivity contribution is -0.122. The van der Waals surface area contributed by atoms with E-state index in [0.29, 0.717) is 0 Å². The molecular weight excluding hydrogens is 218 g/mol. The fourth-order valence-corrected chi connectivity index (χ4v) is 0.927. The minimum absolute atomic E-state index is 0.0682. The van der Waals surface area contributed by atoms with Crippen molar-refractivity contribution < 1.29 is 4.79 Å². The van der Waals surface area contributed by atoms with Crippen LogP contribution in [0.2, 0.25) is 0 Å². The minimum Gasteiger partial charge on any atom is -0.355 e. The molecule has 72 valence electrons. The molecule has 0 rings (SSSR count). The Morgan fingerprint density at radius 3 is 2.42 bits per heavy atom. The van der Waals surface area contributed by atoms with Crippen LogP contribution in [0.25, 0.3) is 0 Å². The number of amides is 1. The largest absolute Gasteiger partial charge is 0.355 e. The Morgan fingerprint density at radius 1 is 1.42 bits per heavy atom. The van der Waals surface area contributed by atoms with E-state index >= 15 is 0 Å². The number of hydrogen-bond donors (Lipinski definition) is 1. The van der Waals surface area contributed by atoms with Gasteiger partial charge in [-0.1, -0.05) is 35.7 Å². The number of carbonyl (C=O) groups excluding carboxylic acids is 1. The molecule has 3 heteroatoms. The molecule has 2 nitrogen and oxygen atoms in total. The minimum atomic E-state index is -0.431. The van der Waals surface area contributed by atoms with E-state index in [9.17, 15) is 4.79 Å². The molecule has 0 aliphatic rings. The van der Waals surface area contributed by atoms with Crippen LogP contribution in [0.5, 0.6) is 0 Å². The van der Waals surface area contributed by atoms with Crippen LogP contribution >= 0.6 is 15.9 Å². The molecule has 0 aromatic rings. The number of nitrogens with one attached hydrogen (secondary N) is 1. The van der Waals surface area contributed by atoms with Gasteiger partial charge in [0.25, 0.3) is 0 Å². The first-order chi connectivity index (χ1) is 5.48. The van der Waals surface area contributed by atoms with E-state index in [4.69, 9.17) is 0 Å². The summed E-state index contributed by atoms with van der Waals surface area (Å²) in [5.74, 6) is 0.0682. The zero-order chi connectivity index (χ0) is 9.61. The Labute approximate surface area is 83.2 Å². The van der Waals surface area contributed by atoms with Crippen molar-refractivity contribution in [2.24, 2.45) is 0 Å². The van der Waals surface area contributed by atoms with Gasteiger partial charge in [-0.15, -0.1) is 0 Å². The van der Waals surface area contributed by atoms with Gasteiger partial charge in [0.05, 0.1) is 4.32 Å². The summed E-state index contributed by atoms with van der Waals surface area (Å²) in [5.41, 5.74) is 0.